The lowest BCUT2D eigenvalue weighted by Crippen LogP contribution is -2.16. The second kappa shape index (κ2) is 10.5. The van der Waals surface area contributed by atoms with E-state index in [1.54, 1.807) is 18.2 Å². The maximum absolute atomic E-state index is 13.3. The van der Waals surface area contributed by atoms with Crippen molar-refractivity contribution in [2.24, 2.45) is 7.05 Å². The number of hydrogen-bond donors (Lipinski definition) is 2. The Kier molecular flexibility index (Phi) is 6.81. The lowest BCUT2D eigenvalue weighted by Gasteiger charge is -2.12. The summed E-state index contributed by atoms with van der Waals surface area (Å²) in [7, 11) is 1.84. The van der Waals surface area contributed by atoms with Crippen LogP contribution >= 0.6 is 11.6 Å². The van der Waals surface area contributed by atoms with Crippen molar-refractivity contribution in [3.05, 3.63) is 83.5 Å². The number of anilines is 1. The van der Waals surface area contributed by atoms with Crippen LogP contribution in [0.2, 0.25) is 5.02 Å². The van der Waals surface area contributed by atoms with Gasteiger partial charge in [-0.15, -0.1) is 5.10 Å². The Morgan fingerprint density at radius 3 is 2.67 bits per heavy atom. The number of aromatic amines is 1. The highest BCUT2D eigenvalue weighted by Gasteiger charge is 2.19. The molecule has 0 aliphatic rings. The highest BCUT2D eigenvalue weighted by Crippen LogP contribution is 2.31. The van der Waals surface area contributed by atoms with Gasteiger partial charge in [0.05, 0.1) is 24.4 Å². The molecule has 0 saturated heterocycles. The number of ether oxygens (including phenoxy) is 2. The van der Waals surface area contributed by atoms with Crippen LogP contribution in [-0.4, -0.2) is 44.3 Å². The van der Waals surface area contributed by atoms with Gasteiger partial charge >= 0.3 is 0 Å². The first kappa shape index (κ1) is 23.4. The molecule has 9 nitrogen and oxygen atoms in total. The van der Waals surface area contributed by atoms with Gasteiger partial charge in [-0.25, -0.2) is 5.10 Å². The minimum Gasteiger partial charge on any atom is -0.493 e. The molecule has 0 unspecified atom stereocenters. The molecule has 0 spiro atoms. The lowest BCUT2D eigenvalue weighted by molar-refractivity contribution is 0.102. The lowest BCUT2D eigenvalue weighted by atomic mass is 10.1. The summed E-state index contributed by atoms with van der Waals surface area (Å²) >= 11 is 6.15. The second-order valence-electron chi connectivity index (χ2n) is 8.04. The van der Waals surface area contributed by atoms with E-state index in [2.05, 4.69) is 25.9 Å². The van der Waals surface area contributed by atoms with Gasteiger partial charge in [-0.2, -0.15) is 0 Å². The van der Waals surface area contributed by atoms with Crippen LogP contribution in [0, 0.1) is 0 Å². The van der Waals surface area contributed by atoms with Gasteiger partial charge in [0.1, 0.15) is 17.2 Å². The fourth-order valence-electron chi connectivity index (χ4n) is 3.94. The van der Waals surface area contributed by atoms with Gasteiger partial charge in [0.15, 0.2) is 5.82 Å². The number of aryl methyl sites for hydroxylation is 1. The van der Waals surface area contributed by atoms with Gasteiger partial charge in [0.25, 0.3) is 5.91 Å². The molecule has 0 radical (unpaired) electrons. The van der Waals surface area contributed by atoms with Crippen molar-refractivity contribution in [1.82, 2.24) is 25.2 Å². The van der Waals surface area contributed by atoms with Crippen molar-refractivity contribution in [3.63, 3.8) is 0 Å². The third-order valence-electron chi connectivity index (χ3n) is 5.64. The van der Waals surface area contributed by atoms with Gasteiger partial charge < -0.3 is 19.4 Å². The number of hydrogen-bond acceptors (Lipinski definition) is 6. The van der Waals surface area contributed by atoms with Crippen LogP contribution in [0.15, 0.2) is 72.8 Å². The fraction of sp³-hybridized carbons (Fsp3) is 0.154. The van der Waals surface area contributed by atoms with Crippen molar-refractivity contribution < 1.29 is 14.3 Å². The van der Waals surface area contributed by atoms with Crippen molar-refractivity contribution in [2.75, 3.05) is 18.5 Å². The molecule has 182 valence electrons. The molecule has 0 atom stereocenters. The molecule has 0 aliphatic heterocycles. The molecule has 10 heteroatoms. The van der Waals surface area contributed by atoms with Gasteiger partial charge in [-0.05, 0) is 52.9 Å². The summed E-state index contributed by atoms with van der Waals surface area (Å²) in [6, 6.07) is 22.4. The third kappa shape index (κ3) is 5.01. The van der Waals surface area contributed by atoms with Crippen molar-refractivity contribution in [2.45, 2.75) is 6.42 Å². The number of rotatable bonds is 9. The van der Waals surface area contributed by atoms with E-state index < -0.39 is 0 Å². The molecule has 0 saturated carbocycles. The number of fused-ring (bicyclic) bond motifs is 1. The molecule has 5 rings (SSSR count). The maximum atomic E-state index is 13.3. The first-order chi connectivity index (χ1) is 17.6. The zero-order chi connectivity index (χ0) is 24.9. The number of nitrogens with one attached hydrogen (secondary N) is 2. The Hall–Kier alpha value is -4.37. The van der Waals surface area contributed by atoms with Crippen molar-refractivity contribution in [1.29, 1.82) is 0 Å². The summed E-state index contributed by atoms with van der Waals surface area (Å²) < 4.78 is 13.6. The molecular formula is C26H23ClN6O3. The summed E-state index contributed by atoms with van der Waals surface area (Å²) in [5.41, 5.74) is 2.43. The summed E-state index contributed by atoms with van der Waals surface area (Å²) in [5.74, 6) is 1.65. The summed E-state index contributed by atoms with van der Waals surface area (Å²) in [6.07, 6.45) is 0.721. The smallest absolute Gasteiger partial charge is 0.272 e. The minimum atomic E-state index is -0.285. The number of benzene rings is 3. The number of carbonyl (C=O) groups excluding carboxylic acids is 1. The van der Waals surface area contributed by atoms with E-state index >= 15 is 0 Å². The van der Waals surface area contributed by atoms with Gasteiger partial charge in [-0.3, -0.25) is 4.79 Å². The number of carbonyl (C=O) groups is 1. The van der Waals surface area contributed by atoms with E-state index in [9.17, 15) is 4.79 Å². The van der Waals surface area contributed by atoms with E-state index in [1.807, 2.05) is 66.2 Å². The average molecular weight is 503 g/mol. The standard InChI is InChI=1S/C26H23ClN6O3/c1-33-22(26(34)28-21-12-11-18(27)16-20(21)25-29-31-32-30-25)15-17-7-5-10-23(24(17)33)36-14-6-13-35-19-8-3-2-4-9-19/h2-5,7-12,15-16H,6,13-14H2,1H3,(H,28,34)(H,29,30,31,32). The number of aromatic nitrogens is 5. The van der Waals surface area contributed by atoms with E-state index in [0.29, 0.717) is 46.8 Å². The number of nitrogens with zero attached hydrogens (tertiary/aromatic N) is 4. The van der Waals surface area contributed by atoms with E-state index in [4.69, 9.17) is 21.1 Å². The zero-order valence-corrected chi connectivity index (χ0v) is 20.2. The molecule has 2 heterocycles. The maximum Gasteiger partial charge on any atom is 0.272 e. The van der Waals surface area contributed by atoms with Crippen LogP contribution in [0.5, 0.6) is 11.5 Å². The molecule has 3 aromatic carbocycles. The molecule has 2 N–H and O–H groups in total. The van der Waals surface area contributed by atoms with Gasteiger partial charge in [0, 0.05) is 29.4 Å². The van der Waals surface area contributed by atoms with E-state index in [1.165, 1.54) is 0 Å². The highest BCUT2D eigenvalue weighted by atomic mass is 35.5. The molecule has 2 aromatic heterocycles. The van der Waals surface area contributed by atoms with E-state index in [-0.39, 0.29) is 5.91 Å². The monoisotopic (exact) mass is 502 g/mol. The summed E-state index contributed by atoms with van der Waals surface area (Å²) in [5, 5.41) is 18.2. The highest BCUT2D eigenvalue weighted by molar-refractivity contribution is 6.31. The minimum absolute atomic E-state index is 0.285. The molecule has 0 aliphatic carbocycles. The first-order valence-corrected chi connectivity index (χ1v) is 11.7. The fourth-order valence-corrected chi connectivity index (χ4v) is 4.11. The first-order valence-electron chi connectivity index (χ1n) is 11.3. The second-order valence-corrected chi connectivity index (χ2v) is 8.48. The largest absolute Gasteiger partial charge is 0.493 e. The Labute approximate surface area is 212 Å². The average Bonchev–Trinajstić information content (AvgIpc) is 3.54. The zero-order valence-electron chi connectivity index (χ0n) is 19.4. The molecule has 1 amide bonds. The number of para-hydroxylation sites is 2. The normalized spacial score (nSPS) is 10.9. The predicted octanol–water partition coefficient (Wildman–Crippen LogP) is 5.11. The molecule has 5 aromatic rings. The topological polar surface area (TPSA) is 107 Å². The molecule has 0 fully saturated rings. The number of halogens is 1. The number of tetrazole rings is 1. The van der Waals surface area contributed by atoms with Gasteiger partial charge in [-0.1, -0.05) is 41.9 Å². The number of H-pyrrole nitrogens is 1. The Morgan fingerprint density at radius 2 is 1.86 bits per heavy atom. The van der Waals surface area contributed by atoms with Crippen LogP contribution in [0.1, 0.15) is 16.9 Å². The number of amides is 1. The van der Waals surface area contributed by atoms with E-state index in [0.717, 1.165) is 23.1 Å². The van der Waals surface area contributed by atoms with Gasteiger partial charge in [0.2, 0.25) is 0 Å². The van der Waals surface area contributed by atoms with Crippen LogP contribution in [0.4, 0.5) is 5.69 Å². The molecular weight excluding hydrogens is 480 g/mol. The molecule has 36 heavy (non-hydrogen) atoms. The Bertz CT molecular complexity index is 1480. The van der Waals surface area contributed by atoms with Crippen molar-refractivity contribution >= 4 is 34.1 Å². The van der Waals surface area contributed by atoms with Crippen LogP contribution < -0.4 is 14.8 Å². The van der Waals surface area contributed by atoms with Crippen LogP contribution in [-0.2, 0) is 7.05 Å². The van der Waals surface area contributed by atoms with Crippen molar-refractivity contribution in [3.8, 4) is 22.9 Å². The summed E-state index contributed by atoms with van der Waals surface area (Å²) in [4.78, 5) is 13.3. The third-order valence-corrected chi connectivity index (χ3v) is 5.88. The Balaban J connectivity index is 1.31. The predicted molar refractivity (Wildman–Crippen MR) is 138 cm³/mol. The van der Waals surface area contributed by atoms with Crippen LogP contribution in [0.25, 0.3) is 22.3 Å². The quantitative estimate of drug-likeness (QED) is 0.271. The summed E-state index contributed by atoms with van der Waals surface area (Å²) in [6.45, 7) is 1.03. The molecule has 0 bridgehead atoms. The SMILES string of the molecule is Cn1c(C(=O)Nc2ccc(Cl)cc2-c2nnn[nH]2)cc2cccc(OCCCOc3ccccc3)c21. The Morgan fingerprint density at radius 1 is 1.03 bits per heavy atom. The van der Waals surface area contributed by atoms with Crippen LogP contribution in [0.3, 0.4) is 0 Å².